The monoisotopic (exact) mass is 329 g/mol. The first-order valence-electron chi connectivity index (χ1n) is 7.37. The van der Waals surface area contributed by atoms with E-state index in [4.69, 9.17) is 16.7 Å². The molecule has 0 spiro atoms. The summed E-state index contributed by atoms with van der Waals surface area (Å²) in [6.45, 7) is 3.92. The minimum atomic E-state index is 0.812. The molecule has 0 saturated heterocycles. The highest BCUT2D eigenvalue weighted by molar-refractivity contribution is 7.19. The Morgan fingerprint density at radius 3 is 2.73 bits per heavy atom. The molecule has 1 aromatic carbocycles. The van der Waals surface area contributed by atoms with Gasteiger partial charge in [-0.1, -0.05) is 41.9 Å². The molecular weight excluding hydrogens is 314 g/mol. The lowest BCUT2D eigenvalue weighted by atomic mass is 10.2. The molecule has 0 bridgehead atoms. The minimum Gasteiger partial charge on any atom is -0.291 e. The highest BCUT2D eigenvalue weighted by Gasteiger charge is 2.19. The Hall–Kier alpha value is -1.62. The van der Waals surface area contributed by atoms with Crippen LogP contribution < -0.4 is 0 Å². The third kappa shape index (κ3) is 2.82. The predicted octanol–water partition coefficient (Wildman–Crippen LogP) is 4.28. The SMILES string of the molecule is Clc1ccc(-c2cc3n(n2)CCN(Cc2ccccc2)C3)s1. The van der Waals surface area contributed by atoms with Crippen LogP contribution in [0.15, 0.2) is 48.5 Å². The zero-order valence-corrected chi connectivity index (χ0v) is 13.6. The molecule has 0 aliphatic carbocycles. The molecule has 4 rings (SSSR count). The fourth-order valence-corrected chi connectivity index (χ4v) is 3.87. The van der Waals surface area contributed by atoms with Crippen LogP contribution in [0, 0.1) is 0 Å². The van der Waals surface area contributed by atoms with Crippen molar-refractivity contribution in [2.45, 2.75) is 19.6 Å². The molecule has 0 radical (unpaired) electrons. The van der Waals surface area contributed by atoms with E-state index >= 15 is 0 Å². The van der Waals surface area contributed by atoms with E-state index in [2.05, 4.69) is 46.0 Å². The van der Waals surface area contributed by atoms with E-state index in [0.717, 1.165) is 41.1 Å². The van der Waals surface area contributed by atoms with Crippen molar-refractivity contribution in [2.75, 3.05) is 6.54 Å². The quantitative estimate of drug-likeness (QED) is 0.715. The topological polar surface area (TPSA) is 21.1 Å². The van der Waals surface area contributed by atoms with Gasteiger partial charge < -0.3 is 0 Å². The van der Waals surface area contributed by atoms with Crippen molar-refractivity contribution in [1.29, 1.82) is 0 Å². The first-order valence-corrected chi connectivity index (χ1v) is 8.56. The number of hydrogen-bond acceptors (Lipinski definition) is 3. The summed E-state index contributed by atoms with van der Waals surface area (Å²) in [5, 5.41) is 4.72. The van der Waals surface area contributed by atoms with Gasteiger partial charge in [0.2, 0.25) is 0 Å². The minimum absolute atomic E-state index is 0.812. The van der Waals surface area contributed by atoms with Gasteiger partial charge in [0.1, 0.15) is 5.69 Å². The van der Waals surface area contributed by atoms with Crippen LogP contribution in [-0.2, 0) is 19.6 Å². The number of fused-ring (bicyclic) bond motifs is 1. The van der Waals surface area contributed by atoms with E-state index in [1.165, 1.54) is 11.3 Å². The van der Waals surface area contributed by atoms with Crippen LogP contribution >= 0.6 is 22.9 Å². The van der Waals surface area contributed by atoms with Crippen molar-refractivity contribution in [3.05, 3.63) is 64.1 Å². The van der Waals surface area contributed by atoms with Crippen LogP contribution in [0.2, 0.25) is 4.34 Å². The molecule has 3 heterocycles. The summed E-state index contributed by atoms with van der Waals surface area (Å²) in [5.74, 6) is 0. The summed E-state index contributed by atoms with van der Waals surface area (Å²) in [4.78, 5) is 3.61. The Bertz CT molecular complexity index is 778. The molecule has 3 nitrogen and oxygen atoms in total. The predicted molar refractivity (Wildman–Crippen MR) is 91.1 cm³/mol. The second-order valence-corrected chi connectivity index (χ2v) is 7.26. The van der Waals surface area contributed by atoms with Gasteiger partial charge in [0.05, 0.1) is 21.5 Å². The number of rotatable bonds is 3. The maximum Gasteiger partial charge on any atom is 0.103 e. The number of halogens is 1. The molecule has 0 unspecified atom stereocenters. The maximum absolute atomic E-state index is 6.03. The van der Waals surface area contributed by atoms with Gasteiger partial charge in [0.25, 0.3) is 0 Å². The molecular formula is C17H16ClN3S. The Kier molecular flexibility index (Phi) is 3.74. The molecule has 0 fully saturated rings. The highest BCUT2D eigenvalue weighted by Crippen LogP contribution is 2.31. The van der Waals surface area contributed by atoms with Crippen LogP contribution in [0.5, 0.6) is 0 Å². The Morgan fingerprint density at radius 2 is 1.95 bits per heavy atom. The van der Waals surface area contributed by atoms with Crippen LogP contribution in [-0.4, -0.2) is 21.2 Å². The van der Waals surface area contributed by atoms with E-state index in [1.54, 1.807) is 11.3 Å². The van der Waals surface area contributed by atoms with Crippen molar-refractivity contribution in [2.24, 2.45) is 0 Å². The Labute approximate surface area is 138 Å². The second kappa shape index (κ2) is 5.88. The van der Waals surface area contributed by atoms with E-state index in [0.29, 0.717) is 0 Å². The van der Waals surface area contributed by atoms with Gasteiger partial charge in [0.15, 0.2) is 0 Å². The largest absolute Gasteiger partial charge is 0.291 e. The van der Waals surface area contributed by atoms with Gasteiger partial charge in [-0.2, -0.15) is 5.10 Å². The van der Waals surface area contributed by atoms with E-state index in [-0.39, 0.29) is 0 Å². The van der Waals surface area contributed by atoms with Crippen molar-refractivity contribution in [1.82, 2.24) is 14.7 Å². The second-order valence-electron chi connectivity index (χ2n) is 5.54. The van der Waals surface area contributed by atoms with Gasteiger partial charge in [-0.15, -0.1) is 11.3 Å². The molecule has 1 aliphatic heterocycles. The number of hydrogen-bond donors (Lipinski definition) is 0. The number of aromatic nitrogens is 2. The van der Waals surface area contributed by atoms with Crippen LogP contribution in [0.25, 0.3) is 10.6 Å². The van der Waals surface area contributed by atoms with Crippen molar-refractivity contribution in [3.63, 3.8) is 0 Å². The molecule has 1 aliphatic rings. The molecule has 0 N–H and O–H groups in total. The standard InChI is InChI=1S/C17H16ClN3S/c18-17-7-6-16(22-17)15-10-14-12-20(8-9-21(14)19-15)11-13-4-2-1-3-5-13/h1-7,10H,8-9,11-12H2. The molecule has 0 atom stereocenters. The highest BCUT2D eigenvalue weighted by atomic mass is 35.5. The first-order chi connectivity index (χ1) is 10.8. The molecule has 112 valence electrons. The maximum atomic E-state index is 6.03. The fraction of sp³-hybridized carbons (Fsp3) is 0.235. The number of benzene rings is 1. The lowest BCUT2D eigenvalue weighted by molar-refractivity contribution is 0.205. The zero-order valence-electron chi connectivity index (χ0n) is 12.1. The summed E-state index contributed by atoms with van der Waals surface area (Å²) in [6, 6.07) is 16.8. The molecule has 5 heteroatoms. The van der Waals surface area contributed by atoms with Gasteiger partial charge in [-0.25, -0.2) is 0 Å². The zero-order chi connectivity index (χ0) is 14.9. The van der Waals surface area contributed by atoms with E-state index < -0.39 is 0 Å². The Balaban J connectivity index is 1.52. The van der Waals surface area contributed by atoms with Gasteiger partial charge in [-0.3, -0.25) is 9.58 Å². The summed E-state index contributed by atoms with van der Waals surface area (Å²) in [7, 11) is 0. The molecule has 0 amide bonds. The molecule has 0 saturated carbocycles. The lowest BCUT2D eigenvalue weighted by Crippen LogP contribution is -2.33. The van der Waals surface area contributed by atoms with Gasteiger partial charge >= 0.3 is 0 Å². The fourth-order valence-electron chi connectivity index (χ4n) is 2.87. The van der Waals surface area contributed by atoms with Crippen LogP contribution in [0.1, 0.15) is 11.3 Å². The van der Waals surface area contributed by atoms with Crippen LogP contribution in [0.3, 0.4) is 0 Å². The summed E-state index contributed by atoms with van der Waals surface area (Å²) in [5.41, 5.74) is 3.68. The first kappa shape index (κ1) is 14.0. The van der Waals surface area contributed by atoms with Crippen LogP contribution in [0.4, 0.5) is 0 Å². The molecule has 22 heavy (non-hydrogen) atoms. The number of nitrogens with zero attached hydrogens (tertiary/aromatic N) is 3. The smallest absolute Gasteiger partial charge is 0.103 e. The van der Waals surface area contributed by atoms with Gasteiger partial charge in [-0.05, 0) is 23.8 Å². The van der Waals surface area contributed by atoms with E-state index in [1.807, 2.05) is 12.1 Å². The van der Waals surface area contributed by atoms with Gasteiger partial charge in [0, 0.05) is 19.6 Å². The third-order valence-electron chi connectivity index (χ3n) is 3.95. The normalized spacial score (nSPS) is 15.0. The lowest BCUT2D eigenvalue weighted by Gasteiger charge is -2.27. The average molecular weight is 330 g/mol. The molecule has 3 aromatic rings. The number of thiophene rings is 1. The Morgan fingerprint density at radius 1 is 1.09 bits per heavy atom. The summed E-state index contributed by atoms with van der Waals surface area (Å²) >= 11 is 7.61. The van der Waals surface area contributed by atoms with Crippen molar-refractivity contribution in [3.8, 4) is 10.6 Å². The summed E-state index contributed by atoms with van der Waals surface area (Å²) in [6.07, 6.45) is 0. The summed E-state index contributed by atoms with van der Waals surface area (Å²) < 4.78 is 2.94. The van der Waals surface area contributed by atoms with E-state index in [9.17, 15) is 0 Å². The third-order valence-corrected chi connectivity index (χ3v) is 5.21. The average Bonchev–Trinajstić information content (AvgIpc) is 3.14. The van der Waals surface area contributed by atoms with Crippen molar-refractivity contribution < 1.29 is 0 Å². The van der Waals surface area contributed by atoms with Crippen molar-refractivity contribution >= 4 is 22.9 Å². The molecule has 2 aromatic heterocycles.